The van der Waals surface area contributed by atoms with Gasteiger partial charge < -0.3 is 15.1 Å². The zero-order valence-electron chi connectivity index (χ0n) is 15.3. The van der Waals surface area contributed by atoms with E-state index in [1.165, 1.54) is 0 Å². The molecule has 8 heteroatoms. The lowest BCUT2D eigenvalue weighted by Crippen LogP contribution is -2.37. The first-order chi connectivity index (χ1) is 12.8. The maximum absolute atomic E-state index is 12.0. The molecule has 6 nitrogen and oxygen atoms in total. The highest BCUT2D eigenvalue weighted by atomic mass is 35.5. The first-order valence-corrected chi connectivity index (χ1v) is 10.4. The molecule has 0 unspecified atom stereocenters. The molecule has 2 N–H and O–H groups in total. The Bertz CT molecular complexity index is 808. The normalized spacial score (nSPS) is 13.0. The molecular weight excluding hydrogens is 388 g/mol. The minimum Gasteiger partial charge on any atom is -0.469 e. The third-order valence-electron chi connectivity index (χ3n) is 3.85. The molecule has 146 valence electrons. The number of furan rings is 1. The number of nitrogens with one attached hydrogen (secondary N) is 2. The van der Waals surface area contributed by atoms with Crippen molar-refractivity contribution in [2.24, 2.45) is 0 Å². The Morgan fingerprint density at radius 3 is 2.63 bits per heavy atom. The van der Waals surface area contributed by atoms with Crippen molar-refractivity contribution in [3.8, 4) is 0 Å². The van der Waals surface area contributed by atoms with Gasteiger partial charge in [-0.2, -0.15) is 0 Å². The van der Waals surface area contributed by atoms with Crippen LogP contribution in [-0.2, 0) is 26.8 Å². The molecule has 0 saturated carbocycles. The van der Waals surface area contributed by atoms with Crippen molar-refractivity contribution in [2.45, 2.75) is 32.7 Å². The van der Waals surface area contributed by atoms with Crippen LogP contribution in [0.25, 0.3) is 0 Å². The topological polar surface area (TPSA) is 88.4 Å². The monoisotopic (exact) mass is 410 g/mol. The summed E-state index contributed by atoms with van der Waals surface area (Å²) in [5.41, 5.74) is 1.43. The SMILES string of the molecule is Cc1ccc(NC(=O)C[S@@](=O)CC(=O)N[C@@H](C)CCc2ccco2)cc1Cl. The average molecular weight is 411 g/mol. The van der Waals surface area contributed by atoms with E-state index in [-0.39, 0.29) is 23.5 Å². The Morgan fingerprint density at radius 1 is 1.22 bits per heavy atom. The van der Waals surface area contributed by atoms with E-state index in [1.807, 2.05) is 26.0 Å². The Balaban J connectivity index is 1.71. The Hall–Kier alpha value is -2.12. The molecule has 0 aliphatic rings. The van der Waals surface area contributed by atoms with Crippen molar-refractivity contribution in [2.75, 3.05) is 16.8 Å². The molecule has 1 aromatic carbocycles. The summed E-state index contributed by atoms with van der Waals surface area (Å²) < 4.78 is 17.3. The van der Waals surface area contributed by atoms with Crippen molar-refractivity contribution in [1.29, 1.82) is 0 Å². The van der Waals surface area contributed by atoms with Crippen LogP contribution in [0.5, 0.6) is 0 Å². The van der Waals surface area contributed by atoms with Gasteiger partial charge in [-0.3, -0.25) is 13.8 Å². The number of aryl methyl sites for hydroxylation is 2. The summed E-state index contributed by atoms with van der Waals surface area (Å²) in [5.74, 6) is -0.377. The number of halogens is 1. The molecule has 0 radical (unpaired) electrons. The fourth-order valence-electron chi connectivity index (χ4n) is 2.41. The summed E-state index contributed by atoms with van der Waals surface area (Å²) >= 11 is 6.01. The standard InChI is InChI=1S/C19H23ClN2O4S/c1-13-5-7-15(10-17(13)20)22-19(24)12-27(25)11-18(23)21-14(2)6-8-16-4-3-9-26-16/h3-5,7,9-10,14H,6,8,11-12H2,1-2H3,(H,21,23)(H,22,24)/t14-,27-/m0/s1. The zero-order valence-corrected chi connectivity index (χ0v) is 16.9. The highest BCUT2D eigenvalue weighted by Crippen LogP contribution is 2.19. The van der Waals surface area contributed by atoms with Crippen LogP contribution in [-0.4, -0.2) is 33.6 Å². The third kappa shape index (κ3) is 7.56. The number of carbonyl (C=O) groups is 2. The number of hydrogen-bond acceptors (Lipinski definition) is 4. The number of amides is 2. The highest BCUT2D eigenvalue weighted by Gasteiger charge is 2.15. The molecule has 0 spiro atoms. The van der Waals surface area contributed by atoms with E-state index in [1.54, 1.807) is 24.5 Å². The Kier molecular flexibility index (Phi) is 8.06. The van der Waals surface area contributed by atoms with Crippen molar-refractivity contribution < 1.29 is 18.2 Å². The molecule has 0 bridgehead atoms. The van der Waals surface area contributed by atoms with Crippen molar-refractivity contribution >= 4 is 39.9 Å². The highest BCUT2D eigenvalue weighted by molar-refractivity contribution is 7.86. The zero-order chi connectivity index (χ0) is 19.8. The summed E-state index contributed by atoms with van der Waals surface area (Å²) in [6, 6.07) is 8.75. The molecule has 1 aromatic heterocycles. The first kappa shape index (κ1) is 21.2. The smallest absolute Gasteiger partial charge is 0.237 e. The number of anilines is 1. The van der Waals surface area contributed by atoms with Gasteiger partial charge in [-0.25, -0.2) is 0 Å². The van der Waals surface area contributed by atoms with Crippen LogP contribution in [0.2, 0.25) is 5.02 Å². The van der Waals surface area contributed by atoms with E-state index >= 15 is 0 Å². The molecule has 1 heterocycles. The summed E-state index contributed by atoms with van der Waals surface area (Å²) in [7, 11) is -1.59. The third-order valence-corrected chi connectivity index (χ3v) is 5.43. The van der Waals surface area contributed by atoms with Crippen molar-refractivity contribution in [3.63, 3.8) is 0 Å². The fraction of sp³-hybridized carbons (Fsp3) is 0.368. The van der Waals surface area contributed by atoms with Crippen LogP contribution < -0.4 is 10.6 Å². The number of benzene rings is 1. The number of rotatable bonds is 9. The second kappa shape index (κ2) is 10.3. The summed E-state index contributed by atoms with van der Waals surface area (Å²) in [5, 5.41) is 5.96. The molecule has 2 amide bonds. The molecule has 0 fully saturated rings. The fourth-order valence-corrected chi connectivity index (χ4v) is 3.44. The molecule has 2 atom stereocenters. The minimum absolute atomic E-state index is 0.0804. The van der Waals surface area contributed by atoms with Crippen LogP contribution in [0.4, 0.5) is 5.69 Å². The van der Waals surface area contributed by atoms with E-state index in [2.05, 4.69) is 10.6 Å². The van der Waals surface area contributed by atoms with E-state index in [0.717, 1.165) is 11.3 Å². The quantitative estimate of drug-likeness (QED) is 0.664. The maximum Gasteiger partial charge on any atom is 0.237 e. The lowest BCUT2D eigenvalue weighted by molar-refractivity contribution is -0.119. The van der Waals surface area contributed by atoms with Gasteiger partial charge in [-0.05, 0) is 50.1 Å². The molecule has 0 saturated heterocycles. The van der Waals surface area contributed by atoms with Crippen LogP contribution in [0, 0.1) is 6.92 Å². The van der Waals surface area contributed by atoms with Crippen molar-refractivity contribution in [3.05, 3.63) is 52.9 Å². The number of carbonyl (C=O) groups excluding carboxylic acids is 2. The predicted octanol–water partition coefficient (Wildman–Crippen LogP) is 3.07. The maximum atomic E-state index is 12.0. The summed E-state index contributed by atoms with van der Waals surface area (Å²) in [4.78, 5) is 23.9. The van der Waals surface area contributed by atoms with E-state index in [4.69, 9.17) is 16.0 Å². The molecular formula is C19H23ClN2O4S. The van der Waals surface area contributed by atoms with Gasteiger partial charge in [-0.15, -0.1) is 0 Å². The van der Waals surface area contributed by atoms with Gasteiger partial charge in [0.1, 0.15) is 17.3 Å². The van der Waals surface area contributed by atoms with Crippen LogP contribution >= 0.6 is 11.6 Å². The minimum atomic E-state index is -1.59. The number of hydrogen-bond donors (Lipinski definition) is 2. The lowest BCUT2D eigenvalue weighted by Gasteiger charge is -2.13. The lowest BCUT2D eigenvalue weighted by atomic mass is 10.1. The van der Waals surface area contributed by atoms with Crippen LogP contribution in [0.3, 0.4) is 0 Å². The van der Waals surface area contributed by atoms with Gasteiger partial charge in [0.2, 0.25) is 11.8 Å². The van der Waals surface area contributed by atoms with E-state index in [9.17, 15) is 13.8 Å². The summed E-state index contributed by atoms with van der Waals surface area (Å²) in [6.07, 6.45) is 3.02. The second-order valence-electron chi connectivity index (χ2n) is 6.33. The Morgan fingerprint density at radius 2 is 1.96 bits per heavy atom. The molecule has 2 aromatic rings. The van der Waals surface area contributed by atoms with Gasteiger partial charge in [0.15, 0.2) is 0 Å². The van der Waals surface area contributed by atoms with Crippen molar-refractivity contribution in [1.82, 2.24) is 5.32 Å². The van der Waals surface area contributed by atoms with Crippen LogP contribution in [0.15, 0.2) is 41.0 Å². The second-order valence-corrected chi connectivity index (χ2v) is 8.19. The Labute approximate surface area is 166 Å². The molecule has 2 rings (SSSR count). The van der Waals surface area contributed by atoms with Gasteiger partial charge in [0, 0.05) is 34.0 Å². The molecule has 0 aliphatic heterocycles. The van der Waals surface area contributed by atoms with E-state index in [0.29, 0.717) is 23.6 Å². The van der Waals surface area contributed by atoms with Gasteiger partial charge >= 0.3 is 0 Å². The first-order valence-electron chi connectivity index (χ1n) is 8.56. The molecule has 0 aliphatic carbocycles. The van der Waals surface area contributed by atoms with Crippen LogP contribution in [0.1, 0.15) is 24.7 Å². The average Bonchev–Trinajstić information content (AvgIpc) is 3.09. The van der Waals surface area contributed by atoms with Gasteiger partial charge in [0.25, 0.3) is 0 Å². The predicted molar refractivity (Wildman–Crippen MR) is 107 cm³/mol. The molecule has 27 heavy (non-hydrogen) atoms. The largest absolute Gasteiger partial charge is 0.469 e. The van der Waals surface area contributed by atoms with Gasteiger partial charge in [-0.1, -0.05) is 17.7 Å². The van der Waals surface area contributed by atoms with E-state index < -0.39 is 16.7 Å². The van der Waals surface area contributed by atoms with Gasteiger partial charge in [0.05, 0.1) is 6.26 Å². The summed E-state index contributed by atoms with van der Waals surface area (Å²) in [6.45, 7) is 3.73.